The van der Waals surface area contributed by atoms with Crippen molar-refractivity contribution in [2.45, 2.75) is 19.8 Å². The maximum Gasteiger partial charge on any atom is 0.254 e. The molecule has 16 heavy (non-hydrogen) atoms. The molecule has 0 amide bonds. The van der Waals surface area contributed by atoms with E-state index in [0.29, 0.717) is 11.3 Å². The Hall–Kier alpha value is -1.97. The van der Waals surface area contributed by atoms with Crippen molar-refractivity contribution in [2.24, 2.45) is 0 Å². The summed E-state index contributed by atoms with van der Waals surface area (Å²) in [6, 6.07) is 5.60. The fourth-order valence-electron chi connectivity index (χ4n) is 1.63. The Morgan fingerprint density at radius 1 is 1.31 bits per heavy atom. The minimum Gasteiger partial charge on any atom is -0.313 e. The Morgan fingerprint density at radius 2 is 2.19 bits per heavy atom. The van der Waals surface area contributed by atoms with E-state index in [1.807, 2.05) is 25.1 Å². The van der Waals surface area contributed by atoms with Crippen LogP contribution in [0.15, 0.2) is 35.5 Å². The number of nitrogens with one attached hydrogen (secondary N) is 1. The van der Waals surface area contributed by atoms with Gasteiger partial charge in [0.2, 0.25) is 0 Å². The highest BCUT2D eigenvalue weighted by atomic mass is 16.1. The zero-order valence-electron chi connectivity index (χ0n) is 9.10. The van der Waals surface area contributed by atoms with Crippen molar-refractivity contribution in [1.82, 2.24) is 15.0 Å². The lowest BCUT2D eigenvalue weighted by molar-refractivity contribution is 0.886. The number of H-pyrrole nitrogens is 1. The van der Waals surface area contributed by atoms with Crippen molar-refractivity contribution in [3.8, 4) is 11.4 Å². The molecule has 0 bridgehead atoms. The fraction of sp³-hybridized carbons (Fsp3) is 0.250. The van der Waals surface area contributed by atoms with Crippen LogP contribution in [0.25, 0.3) is 11.4 Å². The van der Waals surface area contributed by atoms with Gasteiger partial charge in [0.1, 0.15) is 0 Å². The van der Waals surface area contributed by atoms with Gasteiger partial charge < -0.3 is 4.98 Å². The molecule has 0 atom stereocenters. The van der Waals surface area contributed by atoms with Crippen LogP contribution in [-0.4, -0.2) is 15.0 Å². The van der Waals surface area contributed by atoms with Crippen LogP contribution in [0.4, 0.5) is 0 Å². The number of rotatable bonds is 3. The molecule has 4 nitrogen and oxygen atoms in total. The largest absolute Gasteiger partial charge is 0.313 e. The molecule has 0 fully saturated rings. The van der Waals surface area contributed by atoms with Gasteiger partial charge in [-0.25, -0.2) is 4.98 Å². The normalized spacial score (nSPS) is 10.3. The quantitative estimate of drug-likeness (QED) is 0.849. The van der Waals surface area contributed by atoms with Crippen LogP contribution in [0, 0.1) is 0 Å². The lowest BCUT2D eigenvalue weighted by atomic mass is 10.1. The van der Waals surface area contributed by atoms with Crippen molar-refractivity contribution >= 4 is 0 Å². The molecule has 2 aromatic heterocycles. The van der Waals surface area contributed by atoms with Crippen LogP contribution in [-0.2, 0) is 6.42 Å². The number of nitrogens with zero attached hydrogens (tertiary/aromatic N) is 2. The molecule has 0 aromatic carbocycles. The summed E-state index contributed by atoms with van der Waals surface area (Å²) in [7, 11) is 0. The first kappa shape index (κ1) is 10.5. The molecule has 82 valence electrons. The van der Waals surface area contributed by atoms with Crippen molar-refractivity contribution in [2.75, 3.05) is 0 Å². The highest BCUT2D eigenvalue weighted by Crippen LogP contribution is 2.16. The summed E-state index contributed by atoms with van der Waals surface area (Å²) < 4.78 is 0. The fourth-order valence-corrected chi connectivity index (χ4v) is 1.63. The second kappa shape index (κ2) is 4.70. The second-order valence-corrected chi connectivity index (χ2v) is 3.52. The molecular weight excluding hydrogens is 202 g/mol. The van der Waals surface area contributed by atoms with Crippen molar-refractivity contribution < 1.29 is 0 Å². The first-order valence-corrected chi connectivity index (χ1v) is 5.31. The summed E-state index contributed by atoms with van der Waals surface area (Å²) in [6.45, 7) is 2.04. The van der Waals surface area contributed by atoms with Gasteiger partial charge in [-0.15, -0.1) is 0 Å². The Labute approximate surface area is 93.4 Å². The summed E-state index contributed by atoms with van der Waals surface area (Å²) >= 11 is 0. The van der Waals surface area contributed by atoms with E-state index in [9.17, 15) is 4.79 Å². The number of hydrogen-bond donors (Lipinski definition) is 1. The van der Waals surface area contributed by atoms with E-state index in [1.54, 1.807) is 6.20 Å². The molecule has 1 N–H and O–H groups in total. The SMILES string of the molecule is CCCc1c(-c2ccccn2)nc[nH]c1=O. The molecule has 0 aliphatic carbocycles. The molecule has 2 heterocycles. The van der Waals surface area contributed by atoms with E-state index in [0.717, 1.165) is 18.5 Å². The number of pyridine rings is 1. The van der Waals surface area contributed by atoms with Crippen molar-refractivity contribution in [3.63, 3.8) is 0 Å². The van der Waals surface area contributed by atoms with Crippen LogP contribution >= 0.6 is 0 Å². The first-order valence-electron chi connectivity index (χ1n) is 5.31. The average Bonchev–Trinajstić information content (AvgIpc) is 2.33. The molecule has 2 rings (SSSR count). The molecule has 0 radical (unpaired) electrons. The molecule has 0 unspecified atom stereocenters. The second-order valence-electron chi connectivity index (χ2n) is 3.52. The van der Waals surface area contributed by atoms with Gasteiger partial charge in [0.15, 0.2) is 0 Å². The lowest BCUT2D eigenvalue weighted by Gasteiger charge is -2.04. The van der Waals surface area contributed by atoms with Crippen LogP contribution in [0.1, 0.15) is 18.9 Å². The first-order chi connectivity index (χ1) is 7.83. The zero-order valence-corrected chi connectivity index (χ0v) is 9.10. The van der Waals surface area contributed by atoms with Gasteiger partial charge in [0, 0.05) is 11.8 Å². The van der Waals surface area contributed by atoms with Crippen molar-refractivity contribution in [3.05, 3.63) is 46.6 Å². The number of aromatic amines is 1. The zero-order chi connectivity index (χ0) is 11.4. The maximum absolute atomic E-state index is 11.7. The summed E-state index contributed by atoms with van der Waals surface area (Å²) in [5.74, 6) is 0. The smallest absolute Gasteiger partial charge is 0.254 e. The minimum atomic E-state index is -0.0718. The molecule has 0 spiro atoms. The van der Waals surface area contributed by atoms with Gasteiger partial charge in [-0.3, -0.25) is 9.78 Å². The van der Waals surface area contributed by atoms with E-state index in [2.05, 4.69) is 15.0 Å². The van der Waals surface area contributed by atoms with E-state index in [-0.39, 0.29) is 5.56 Å². The van der Waals surface area contributed by atoms with Crippen LogP contribution in [0.3, 0.4) is 0 Å². The molecular formula is C12H13N3O. The number of hydrogen-bond acceptors (Lipinski definition) is 3. The lowest BCUT2D eigenvalue weighted by Crippen LogP contribution is -2.15. The summed E-state index contributed by atoms with van der Waals surface area (Å²) in [5, 5.41) is 0. The van der Waals surface area contributed by atoms with Gasteiger partial charge >= 0.3 is 0 Å². The Morgan fingerprint density at radius 3 is 2.88 bits per heavy atom. The summed E-state index contributed by atoms with van der Waals surface area (Å²) in [4.78, 5) is 22.7. The van der Waals surface area contributed by atoms with E-state index in [4.69, 9.17) is 0 Å². The summed E-state index contributed by atoms with van der Waals surface area (Å²) in [6.07, 6.45) is 4.75. The van der Waals surface area contributed by atoms with Gasteiger partial charge in [-0.2, -0.15) is 0 Å². The standard InChI is InChI=1S/C12H13N3O/c1-2-5-9-11(14-8-15-12(9)16)10-6-3-4-7-13-10/h3-4,6-8H,2,5H2,1H3,(H,14,15,16). The molecule has 2 aromatic rings. The van der Waals surface area contributed by atoms with Gasteiger partial charge in [0.25, 0.3) is 5.56 Å². The predicted molar refractivity (Wildman–Crippen MR) is 62.1 cm³/mol. The third kappa shape index (κ3) is 2.00. The summed E-state index contributed by atoms with van der Waals surface area (Å²) in [5.41, 5.74) is 2.07. The maximum atomic E-state index is 11.7. The molecule has 4 heteroatoms. The average molecular weight is 215 g/mol. The van der Waals surface area contributed by atoms with E-state index in [1.165, 1.54) is 6.33 Å². The van der Waals surface area contributed by atoms with Gasteiger partial charge in [0.05, 0.1) is 17.7 Å². The third-order valence-electron chi connectivity index (χ3n) is 2.36. The molecule has 0 aliphatic heterocycles. The highest BCUT2D eigenvalue weighted by molar-refractivity contribution is 5.57. The van der Waals surface area contributed by atoms with E-state index < -0.39 is 0 Å². The van der Waals surface area contributed by atoms with Gasteiger partial charge in [-0.05, 0) is 18.6 Å². The van der Waals surface area contributed by atoms with Crippen LogP contribution in [0.5, 0.6) is 0 Å². The topological polar surface area (TPSA) is 58.6 Å². The van der Waals surface area contributed by atoms with Crippen molar-refractivity contribution in [1.29, 1.82) is 0 Å². The Kier molecular flexibility index (Phi) is 3.10. The minimum absolute atomic E-state index is 0.0718. The highest BCUT2D eigenvalue weighted by Gasteiger charge is 2.10. The predicted octanol–water partition coefficient (Wildman–Crippen LogP) is 1.78. The van der Waals surface area contributed by atoms with E-state index >= 15 is 0 Å². The third-order valence-corrected chi connectivity index (χ3v) is 2.36. The van der Waals surface area contributed by atoms with Gasteiger partial charge in [-0.1, -0.05) is 19.4 Å². The Bertz CT molecular complexity index is 519. The van der Waals surface area contributed by atoms with Crippen LogP contribution < -0.4 is 5.56 Å². The monoisotopic (exact) mass is 215 g/mol. The number of aromatic nitrogens is 3. The molecule has 0 aliphatic rings. The molecule has 0 saturated carbocycles. The van der Waals surface area contributed by atoms with Crippen LogP contribution in [0.2, 0.25) is 0 Å². The molecule has 0 saturated heterocycles. The Balaban J connectivity index is 2.57.